The average Bonchev–Trinajstić information content (AvgIpc) is 2.17. The molecule has 0 saturated carbocycles. The molecule has 0 spiro atoms. The summed E-state index contributed by atoms with van der Waals surface area (Å²) in [4.78, 5) is 0. The smallest absolute Gasteiger partial charge is 0.129 e. The third-order valence-corrected chi connectivity index (χ3v) is 2.47. The summed E-state index contributed by atoms with van der Waals surface area (Å²) in [6.45, 7) is 4.76. The molecule has 2 nitrogen and oxygen atoms in total. The number of nitrogens with one attached hydrogen (secondary N) is 1. The predicted molar refractivity (Wildman–Crippen MR) is 59.3 cm³/mol. The minimum atomic E-state index is -0.554. The fourth-order valence-electron chi connectivity index (χ4n) is 1.60. The van der Waals surface area contributed by atoms with Crippen LogP contribution >= 0.6 is 0 Å². The number of ether oxygens (including phenoxy) is 1. The zero-order chi connectivity index (χ0) is 12.2. The van der Waals surface area contributed by atoms with Crippen LogP contribution in [0, 0.1) is 11.6 Å². The molecule has 0 atom stereocenters. The van der Waals surface area contributed by atoms with E-state index in [4.69, 9.17) is 4.74 Å². The Balaban J connectivity index is 2.80. The number of hydrogen-bond acceptors (Lipinski definition) is 2. The van der Waals surface area contributed by atoms with Crippen molar-refractivity contribution in [3.05, 3.63) is 35.4 Å². The van der Waals surface area contributed by atoms with Crippen molar-refractivity contribution < 1.29 is 13.5 Å². The maximum Gasteiger partial charge on any atom is 0.129 e. The second-order valence-corrected chi connectivity index (χ2v) is 4.37. The lowest BCUT2D eigenvalue weighted by atomic mass is 9.84. The van der Waals surface area contributed by atoms with Crippen LogP contribution in [-0.2, 0) is 10.2 Å². The van der Waals surface area contributed by atoms with Gasteiger partial charge in [-0.1, -0.05) is 19.9 Å². The topological polar surface area (TPSA) is 21.3 Å². The van der Waals surface area contributed by atoms with Crippen LogP contribution in [0.3, 0.4) is 0 Å². The summed E-state index contributed by atoms with van der Waals surface area (Å²) in [5, 5.41) is 3.03. The van der Waals surface area contributed by atoms with Gasteiger partial charge in [-0.25, -0.2) is 8.78 Å². The molecule has 4 heteroatoms. The Morgan fingerprint density at radius 3 is 2.56 bits per heavy atom. The standard InChI is InChI=1S/C12H17F2NO/c1-12(2,7-15-8-16-3)10-5-4-9(13)6-11(10)14/h4-6,15H,7-8H2,1-3H3. The summed E-state index contributed by atoms with van der Waals surface area (Å²) in [5.74, 6) is -1.06. The number of halogens is 2. The van der Waals surface area contributed by atoms with Crippen molar-refractivity contribution in [3.63, 3.8) is 0 Å². The fourth-order valence-corrected chi connectivity index (χ4v) is 1.60. The van der Waals surface area contributed by atoms with Gasteiger partial charge in [0.05, 0.1) is 6.73 Å². The first-order valence-electron chi connectivity index (χ1n) is 5.12. The molecule has 0 aliphatic carbocycles. The van der Waals surface area contributed by atoms with Gasteiger partial charge in [0.25, 0.3) is 0 Å². The van der Waals surface area contributed by atoms with Gasteiger partial charge in [0.2, 0.25) is 0 Å². The van der Waals surface area contributed by atoms with Gasteiger partial charge in [0, 0.05) is 25.1 Å². The molecule has 0 amide bonds. The number of rotatable bonds is 5. The molecule has 0 saturated heterocycles. The van der Waals surface area contributed by atoms with Crippen LogP contribution in [0.25, 0.3) is 0 Å². The molecule has 1 rings (SSSR count). The fraction of sp³-hybridized carbons (Fsp3) is 0.500. The molecule has 0 aromatic heterocycles. The van der Waals surface area contributed by atoms with Crippen LogP contribution in [0.5, 0.6) is 0 Å². The van der Waals surface area contributed by atoms with Crippen molar-refractivity contribution >= 4 is 0 Å². The zero-order valence-corrected chi connectivity index (χ0v) is 9.81. The van der Waals surface area contributed by atoms with Gasteiger partial charge in [-0.3, -0.25) is 5.32 Å². The van der Waals surface area contributed by atoms with E-state index in [1.165, 1.54) is 12.1 Å². The Morgan fingerprint density at radius 2 is 2.00 bits per heavy atom. The number of benzene rings is 1. The number of hydrogen-bond donors (Lipinski definition) is 1. The quantitative estimate of drug-likeness (QED) is 0.618. The highest BCUT2D eigenvalue weighted by atomic mass is 19.1. The maximum atomic E-state index is 13.6. The van der Waals surface area contributed by atoms with Crippen LogP contribution in [0.2, 0.25) is 0 Å². The van der Waals surface area contributed by atoms with E-state index < -0.39 is 17.0 Å². The molecule has 0 fully saturated rings. The van der Waals surface area contributed by atoms with Crippen molar-refractivity contribution in [1.29, 1.82) is 0 Å². The monoisotopic (exact) mass is 229 g/mol. The van der Waals surface area contributed by atoms with E-state index in [2.05, 4.69) is 5.32 Å². The van der Waals surface area contributed by atoms with E-state index >= 15 is 0 Å². The normalized spacial score (nSPS) is 11.8. The van der Waals surface area contributed by atoms with E-state index in [0.29, 0.717) is 18.8 Å². The van der Waals surface area contributed by atoms with Gasteiger partial charge in [-0.2, -0.15) is 0 Å². The Kier molecular flexibility index (Phi) is 4.38. The van der Waals surface area contributed by atoms with Crippen LogP contribution in [-0.4, -0.2) is 20.4 Å². The summed E-state index contributed by atoms with van der Waals surface area (Å²) >= 11 is 0. The van der Waals surface area contributed by atoms with E-state index in [0.717, 1.165) is 6.07 Å². The number of methoxy groups -OCH3 is 1. The zero-order valence-electron chi connectivity index (χ0n) is 9.81. The minimum Gasteiger partial charge on any atom is -0.370 e. The summed E-state index contributed by atoms with van der Waals surface area (Å²) in [6.07, 6.45) is 0. The van der Waals surface area contributed by atoms with Crippen LogP contribution in [0.4, 0.5) is 8.78 Å². The molecule has 0 bridgehead atoms. The summed E-state index contributed by atoms with van der Waals surface area (Å²) in [5.41, 5.74) is 0.0913. The molecule has 0 unspecified atom stereocenters. The Labute approximate surface area is 94.6 Å². The van der Waals surface area contributed by atoms with E-state index in [9.17, 15) is 8.78 Å². The van der Waals surface area contributed by atoms with Gasteiger partial charge in [-0.05, 0) is 11.6 Å². The first-order chi connectivity index (χ1) is 7.47. The molecule has 0 aliphatic rings. The molecule has 90 valence electrons. The van der Waals surface area contributed by atoms with Gasteiger partial charge in [0.1, 0.15) is 11.6 Å². The molecule has 0 heterocycles. The van der Waals surface area contributed by atoms with Crippen molar-refractivity contribution in [2.24, 2.45) is 0 Å². The van der Waals surface area contributed by atoms with Crippen LogP contribution < -0.4 is 5.32 Å². The third-order valence-electron chi connectivity index (χ3n) is 2.47. The molecule has 0 radical (unpaired) electrons. The van der Waals surface area contributed by atoms with Crippen LogP contribution in [0.15, 0.2) is 18.2 Å². The van der Waals surface area contributed by atoms with Crippen molar-refractivity contribution in [2.75, 3.05) is 20.4 Å². The highest BCUT2D eigenvalue weighted by Crippen LogP contribution is 2.25. The molecule has 0 aliphatic heterocycles. The van der Waals surface area contributed by atoms with Crippen molar-refractivity contribution in [2.45, 2.75) is 19.3 Å². The Bertz CT molecular complexity index is 353. The van der Waals surface area contributed by atoms with Gasteiger partial charge in [-0.15, -0.1) is 0 Å². The van der Waals surface area contributed by atoms with Crippen molar-refractivity contribution in [3.8, 4) is 0 Å². The predicted octanol–water partition coefficient (Wildman–Crippen LogP) is 2.44. The lowest BCUT2D eigenvalue weighted by Gasteiger charge is -2.26. The Morgan fingerprint density at radius 1 is 1.31 bits per heavy atom. The highest BCUT2D eigenvalue weighted by molar-refractivity contribution is 5.26. The lowest BCUT2D eigenvalue weighted by molar-refractivity contribution is 0.169. The molecule has 1 aromatic rings. The lowest BCUT2D eigenvalue weighted by Crippen LogP contribution is -2.34. The van der Waals surface area contributed by atoms with Crippen molar-refractivity contribution in [1.82, 2.24) is 5.32 Å². The molecule has 1 N–H and O–H groups in total. The first kappa shape index (κ1) is 13.1. The maximum absolute atomic E-state index is 13.6. The second kappa shape index (κ2) is 5.37. The average molecular weight is 229 g/mol. The minimum absolute atomic E-state index is 0.406. The molecular formula is C12H17F2NO. The van der Waals surface area contributed by atoms with E-state index in [1.807, 2.05) is 13.8 Å². The van der Waals surface area contributed by atoms with Gasteiger partial charge in [0.15, 0.2) is 0 Å². The van der Waals surface area contributed by atoms with E-state index in [1.54, 1.807) is 7.11 Å². The molecular weight excluding hydrogens is 212 g/mol. The third kappa shape index (κ3) is 3.25. The van der Waals surface area contributed by atoms with Gasteiger partial charge < -0.3 is 4.74 Å². The second-order valence-electron chi connectivity index (χ2n) is 4.37. The SMILES string of the molecule is COCNCC(C)(C)c1ccc(F)cc1F. The first-order valence-corrected chi connectivity index (χ1v) is 5.12. The largest absolute Gasteiger partial charge is 0.370 e. The summed E-state index contributed by atoms with van der Waals surface area (Å²) < 4.78 is 31.2. The van der Waals surface area contributed by atoms with Gasteiger partial charge >= 0.3 is 0 Å². The highest BCUT2D eigenvalue weighted by Gasteiger charge is 2.23. The van der Waals surface area contributed by atoms with E-state index in [-0.39, 0.29) is 0 Å². The Hall–Kier alpha value is -1.00. The molecule has 16 heavy (non-hydrogen) atoms. The molecule has 1 aromatic carbocycles. The summed E-state index contributed by atoms with van der Waals surface area (Å²) in [7, 11) is 1.58. The summed E-state index contributed by atoms with van der Waals surface area (Å²) in [6, 6.07) is 3.67. The van der Waals surface area contributed by atoms with Crippen LogP contribution in [0.1, 0.15) is 19.4 Å².